The summed E-state index contributed by atoms with van der Waals surface area (Å²) in [5.41, 5.74) is 2.56. The summed E-state index contributed by atoms with van der Waals surface area (Å²) in [7, 11) is 3.59. The quantitative estimate of drug-likeness (QED) is 0.489. The zero-order valence-corrected chi connectivity index (χ0v) is 20.0. The van der Waals surface area contributed by atoms with Crippen LogP contribution in [-0.4, -0.2) is 45.4 Å². The van der Waals surface area contributed by atoms with Crippen molar-refractivity contribution in [3.05, 3.63) is 53.3 Å². The molecule has 174 valence electrons. The van der Waals surface area contributed by atoms with Gasteiger partial charge in [-0.15, -0.1) is 5.10 Å². The normalized spacial score (nSPS) is 16.5. The molecule has 3 heterocycles. The molecule has 1 atom stereocenters. The van der Waals surface area contributed by atoms with Crippen molar-refractivity contribution in [2.24, 2.45) is 4.99 Å². The van der Waals surface area contributed by atoms with Gasteiger partial charge >= 0.3 is 0 Å². The van der Waals surface area contributed by atoms with E-state index in [0.29, 0.717) is 11.0 Å². The van der Waals surface area contributed by atoms with Gasteiger partial charge in [0, 0.05) is 37.7 Å². The van der Waals surface area contributed by atoms with Gasteiger partial charge < -0.3 is 15.0 Å². The van der Waals surface area contributed by atoms with E-state index in [-0.39, 0.29) is 6.04 Å². The zero-order chi connectivity index (χ0) is 23.4. The van der Waals surface area contributed by atoms with Gasteiger partial charge in [-0.1, -0.05) is 24.4 Å². The van der Waals surface area contributed by atoms with Crippen molar-refractivity contribution in [2.45, 2.75) is 45.2 Å². The highest BCUT2D eigenvalue weighted by Crippen LogP contribution is 2.33. The number of hydrogen-bond acceptors (Lipinski definition) is 7. The molecule has 9 nitrogen and oxygen atoms in total. The highest BCUT2D eigenvalue weighted by atomic mass is 35.5. The Morgan fingerprint density at radius 3 is 2.94 bits per heavy atom. The second-order valence-electron chi connectivity index (χ2n) is 8.07. The lowest BCUT2D eigenvalue weighted by Gasteiger charge is -2.20. The predicted octanol–water partition coefficient (Wildman–Crippen LogP) is 5.04. The van der Waals surface area contributed by atoms with Crippen molar-refractivity contribution in [3.8, 4) is 5.75 Å². The summed E-state index contributed by atoms with van der Waals surface area (Å²) < 4.78 is 9.50. The highest BCUT2D eigenvalue weighted by Gasteiger charge is 2.24. The molecule has 0 spiro atoms. The summed E-state index contributed by atoms with van der Waals surface area (Å²) in [5, 5.41) is 13.1. The second-order valence-corrected chi connectivity index (χ2v) is 8.51. The van der Waals surface area contributed by atoms with E-state index in [0.717, 1.165) is 60.9 Å². The number of fused-ring (bicyclic) bond motifs is 1. The maximum Gasteiger partial charge on any atom is 0.246 e. The molecule has 4 rings (SSSR count). The number of anilines is 3. The number of halogens is 1. The smallest absolute Gasteiger partial charge is 0.246 e. The summed E-state index contributed by atoms with van der Waals surface area (Å²) in [6.07, 6.45) is 9.68. The lowest BCUT2D eigenvalue weighted by molar-refractivity contribution is 0.382. The molecule has 2 aromatic heterocycles. The van der Waals surface area contributed by atoms with Gasteiger partial charge in [-0.3, -0.25) is 9.67 Å². The molecule has 1 N–H and O–H groups in total. The second kappa shape index (κ2) is 10.1. The van der Waals surface area contributed by atoms with Crippen LogP contribution in [0.4, 0.5) is 17.3 Å². The van der Waals surface area contributed by atoms with Crippen LogP contribution < -0.4 is 15.0 Å². The third-order valence-electron chi connectivity index (χ3n) is 5.68. The number of aromatic nitrogens is 5. The van der Waals surface area contributed by atoms with Gasteiger partial charge in [0.05, 0.1) is 29.7 Å². The van der Waals surface area contributed by atoms with Crippen LogP contribution in [0, 0.1) is 0 Å². The van der Waals surface area contributed by atoms with Gasteiger partial charge in [-0.25, -0.2) is 4.68 Å². The molecule has 1 aliphatic rings. The maximum absolute atomic E-state index is 6.13. The summed E-state index contributed by atoms with van der Waals surface area (Å²) in [4.78, 5) is 10.7. The standard InChI is InChI=1S/C23H29ClN8O/c1-16(25-2)14-30(3)19-10-9-18(12-21(19)33-4)27-23-28-22-20(32-15-17(24)13-26-32)8-6-5-7-11-31(22)29-23/h9-10,12-15,20H,2,5-8,11H2,1,3-4H3,(H,27,29). The molecule has 0 bridgehead atoms. The van der Waals surface area contributed by atoms with Crippen LogP contribution >= 0.6 is 11.6 Å². The molecule has 3 aromatic rings. The van der Waals surface area contributed by atoms with Crippen molar-refractivity contribution in [2.75, 3.05) is 24.4 Å². The van der Waals surface area contributed by atoms with Gasteiger partial charge in [0.25, 0.3) is 0 Å². The molecule has 1 unspecified atom stereocenters. The van der Waals surface area contributed by atoms with Crippen molar-refractivity contribution in [1.29, 1.82) is 0 Å². The van der Waals surface area contributed by atoms with E-state index in [4.69, 9.17) is 26.4 Å². The van der Waals surface area contributed by atoms with E-state index >= 15 is 0 Å². The van der Waals surface area contributed by atoms with E-state index in [1.165, 1.54) is 0 Å². The van der Waals surface area contributed by atoms with Crippen LogP contribution in [-0.2, 0) is 6.54 Å². The highest BCUT2D eigenvalue weighted by molar-refractivity contribution is 6.30. The molecule has 33 heavy (non-hydrogen) atoms. The first-order chi connectivity index (χ1) is 16.0. The van der Waals surface area contributed by atoms with Gasteiger partial charge in [0.15, 0.2) is 5.82 Å². The lowest BCUT2D eigenvalue weighted by atomic mass is 10.1. The minimum atomic E-state index is -0.0000850. The van der Waals surface area contributed by atoms with Crippen LogP contribution in [0.3, 0.4) is 0 Å². The van der Waals surface area contributed by atoms with Crippen molar-refractivity contribution < 1.29 is 4.74 Å². The minimum Gasteiger partial charge on any atom is -0.494 e. The van der Waals surface area contributed by atoms with E-state index < -0.39 is 0 Å². The zero-order valence-electron chi connectivity index (χ0n) is 19.2. The molecular formula is C23H29ClN8O. The first-order valence-electron chi connectivity index (χ1n) is 11.0. The third-order valence-corrected chi connectivity index (χ3v) is 5.88. The Labute approximate surface area is 198 Å². The summed E-state index contributed by atoms with van der Waals surface area (Å²) in [5.74, 6) is 2.15. The van der Waals surface area contributed by atoms with Crippen LogP contribution in [0.5, 0.6) is 5.75 Å². The van der Waals surface area contributed by atoms with Gasteiger partial charge in [0.2, 0.25) is 5.95 Å². The Bertz CT molecular complexity index is 1150. The molecule has 0 saturated carbocycles. The van der Waals surface area contributed by atoms with Gasteiger partial charge in [0.1, 0.15) is 11.8 Å². The molecule has 0 aliphatic carbocycles. The van der Waals surface area contributed by atoms with Crippen molar-refractivity contribution in [3.63, 3.8) is 0 Å². The fourth-order valence-electron chi connectivity index (χ4n) is 4.03. The number of allylic oxidation sites excluding steroid dienone is 1. The number of aliphatic imine (C=N–C) groups is 1. The Kier molecular flexibility index (Phi) is 6.98. The largest absolute Gasteiger partial charge is 0.494 e. The molecule has 0 radical (unpaired) electrons. The summed E-state index contributed by atoms with van der Waals surface area (Å²) >= 11 is 6.13. The van der Waals surface area contributed by atoms with Crippen LogP contribution in [0.2, 0.25) is 5.02 Å². The fourth-order valence-corrected chi connectivity index (χ4v) is 4.17. The predicted molar refractivity (Wildman–Crippen MR) is 132 cm³/mol. The third kappa shape index (κ3) is 5.19. The average molecular weight is 469 g/mol. The maximum atomic E-state index is 6.13. The van der Waals surface area contributed by atoms with Gasteiger partial charge in [-0.2, -0.15) is 10.1 Å². The minimum absolute atomic E-state index is 0.0000850. The molecule has 1 aliphatic heterocycles. The number of nitrogens with zero attached hydrogens (tertiary/aromatic N) is 7. The number of nitrogens with one attached hydrogen (secondary N) is 1. The molecule has 0 fully saturated rings. The molecule has 10 heteroatoms. The fraction of sp³-hybridized carbons (Fsp3) is 0.391. The Morgan fingerprint density at radius 1 is 1.36 bits per heavy atom. The first kappa shape index (κ1) is 22.8. The van der Waals surface area contributed by atoms with Crippen molar-refractivity contribution >= 4 is 35.6 Å². The number of hydrogen-bond donors (Lipinski definition) is 1. The van der Waals surface area contributed by atoms with Gasteiger partial charge in [-0.05, 0) is 38.6 Å². The first-order valence-corrected chi connectivity index (χ1v) is 11.3. The Morgan fingerprint density at radius 2 is 2.21 bits per heavy atom. The van der Waals surface area contributed by atoms with E-state index in [1.807, 2.05) is 58.8 Å². The van der Waals surface area contributed by atoms with E-state index in [9.17, 15) is 0 Å². The van der Waals surface area contributed by atoms with E-state index in [2.05, 4.69) is 22.1 Å². The number of methoxy groups -OCH3 is 1. The Balaban J connectivity index is 1.61. The van der Waals surface area contributed by atoms with Crippen molar-refractivity contribution in [1.82, 2.24) is 24.5 Å². The topological polar surface area (TPSA) is 85.4 Å². The van der Waals surface area contributed by atoms with Crippen LogP contribution in [0.25, 0.3) is 0 Å². The summed E-state index contributed by atoms with van der Waals surface area (Å²) in [6.45, 7) is 6.28. The SMILES string of the molecule is C=NC(C)=CN(C)c1ccc(Nc2nc3n(n2)CCCCCC3n2cc(Cl)cn2)cc1OC. The average Bonchev–Trinajstić information content (AvgIpc) is 3.39. The molecule has 0 saturated heterocycles. The van der Waals surface area contributed by atoms with E-state index in [1.54, 1.807) is 13.3 Å². The molecular weight excluding hydrogens is 440 g/mol. The number of benzene rings is 1. The molecule has 1 aromatic carbocycles. The number of aryl methyl sites for hydroxylation is 1. The molecule has 0 amide bonds. The number of rotatable bonds is 7. The van der Waals surface area contributed by atoms with Crippen LogP contribution in [0.1, 0.15) is 44.5 Å². The van der Waals surface area contributed by atoms with Crippen LogP contribution in [0.15, 0.2) is 47.5 Å². The monoisotopic (exact) mass is 468 g/mol. The summed E-state index contributed by atoms with van der Waals surface area (Å²) in [6, 6.07) is 5.89. The number of ether oxygens (including phenoxy) is 1. The Hall–Kier alpha value is -3.33. The lowest BCUT2D eigenvalue weighted by Crippen LogP contribution is -2.19.